The minimum absolute atomic E-state index is 0.0502. The Hall–Kier alpha value is -2.63. The lowest BCUT2D eigenvalue weighted by molar-refractivity contribution is -0.147. The molecule has 7 nitrogen and oxygen atoms in total. The van der Waals surface area contributed by atoms with E-state index < -0.39 is 31.1 Å². The highest BCUT2D eigenvalue weighted by atomic mass is 31.2. The van der Waals surface area contributed by atoms with Gasteiger partial charge < -0.3 is 19.7 Å². The van der Waals surface area contributed by atoms with Gasteiger partial charge in [0.1, 0.15) is 12.4 Å². The minimum Gasteiger partial charge on any atom is -0.466 e. The van der Waals surface area contributed by atoms with E-state index in [1.165, 1.54) is 6.92 Å². The molecule has 2 rings (SSSR count). The molecule has 0 aliphatic heterocycles. The molecule has 0 bridgehead atoms. The van der Waals surface area contributed by atoms with Crippen LogP contribution in [0.15, 0.2) is 60.7 Å². The number of alkyl carbamates (subject to hydrolysis) is 1. The van der Waals surface area contributed by atoms with Gasteiger partial charge in [0, 0.05) is 6.16 Å². The van der Waals surface area contributed by atoms with Crippen LogP contribution < -0.4 is 5.32 Å². The molecular formula is C22H28NO6P. The summed E-state index contributed by atoms with van der Waals surface area (Å²) in [5.74, 6) is -2.41. The van der Waals surface area contributed by atoms with Gasteiger partial charge in [0.05, 0.1) is 12.5 Å². The largest absolute Gasteiger partial charge is 0.466 e. The maximum atomic E-state index is 12.9. The molecule has 0 fully saturated rings. The van der Waals surface area contributed by atoms with E-state index in [0.29, 0.717) is 0 Å². The van der Waals surface area contributed by atoms with Gasteiger partial charge in [-0.05, 0) is 31.4 Å². The predicted octanol–water partition coefficient (Wildman–Crippen LogP) is 3.95. The number of carbonyl (C=O) groups is 2. The van der Waals surface area contributed by atoms with Crippen molar-refractivity contribution >= 4 is 19.4 Å². The summed E-state index contributed by atoms with van der Waals surface area (Å²) in [5, 5.41) is 2.40. The first-order valence-electron chi connectivity index (χ1n) is 9.81. The smallest absolute Gasteiger partial charge is 0.408 e. The zero-order valence-corrected chi connectivity index (χ0v) is 18.1. The number of rotatable bonds is 10. The van der Waals surface area contributed by atoms with E-state index in [2.05, 4.69) is 5.32 Å². The Labute approximate surface area is 176 Å². The average molecular weight is 433 g/mol. The van der Waals surface area contributed by atoms with E-state index >= 15 is 0 Å². The van der Waals surface area contributed by atoms with Crippen molar-refractivity contribution in [2.24, 2.45) is 5.92 Å². The van der Waals surface area contributed by atoms with Crippen molar-refractivity contribution in [3.63, 3.8) is 0 Å². The normalized spacial score (nSPS) is 14.8. The standard InChI is InChI=1S/C22H28NO6P/c1-3-28-21(24)20(14-18-10-6-4-7-11-18)16-30(26,27)17(2)23-22(25)29-15-19-12-8-5-9-13-19/h4-13,17,20H,3,14-16H2,1-2H3,(H,23,25)(H,26,27)/t17-,20+/m0/s1. The quantitative estimate of drug-likeness (QED) is 0.435. The maximum Gasteiger partial charge on any atom is 0.408 e. The molecule has 30 heavy (non-hydrogen) atoms. The van der Waals surface area contributed by atoms with Crippen LogP contribution in [0, 0.1) is 5.92 Å². The van der Waals surface area contributed by atoms with Gasteiger partial charge in [-0.3, -0.25) is 9.36 Å². The Morgan fingerprint density at radius 1 is 1.00 bits per heavy atom. The lowest BCUT2D eigenvalue weighted by Gasteiger charge is -2.24. The van der Waals surface area contributed by atoms with Crippen LogP contribution in [0.2, 0.25) is 0 Å². The molecule has 0 radical (unpaired) electrons. The highest BCUT2D eigenvalue weighted by Gasteiger charge is 2.35. The molecule has 0 saturated carbocycles. The summed E-state index contributed by atoms with van der Waals surface area (Å²) in [7, 11) is -3.92. The van der Waals surface area contributed by atoms with Gasteiger partial charge in [0.15, 0.2) is 0 Å². The van der Waals surface area contributed by atoms with Crippen LogP contribution in [0.1, 0.15) is 25.0 Å². The fraction of sp³-hybridized carbons (Fsp3) is 0.364. The zero-order chi connectivity index (χ0) is 22.0. The lowest BCUT2D eigenvalue weighted by Crippen LogP contribution is -2.35. The first-order valence-corrected chi connectivity index (χ1v) is 11.7. The van der Waals surface area contributed by atoms with Gasteiger partial charge in [-0.1, -0.05) is 60.7 Å². The summed E-state index contributed by atoms with van der Waals surface area (Å²) >= 11 is 0. The van der Waals surface area contributed by atoms with Crippen molar-refractivity contribution in [3.05, 3.63) is 71.8 Å². The Morgan fingerprint density at radius 3 is 2.13 bits per heavy atom. The van der Waals surface area contributed by atoms with Crippen molar-refractivity contribution in [1.82, 2.24) is 5.32 Å². The summed E-state index contributed by atoms with van der Waals surface area (Å²) in [6, 6.07) is 18.3. The van der Waals surface area contributed by atoms with Crippen LogP contribution in [0.25, 0.3) is 0 Å². The Kier molecular flexibility index (Phi) is 9.09. The molecule has 0 saturated heterocycles. The lowest BCUT2D eigenvalue weighted by atomic mass is 10.0. The van der Waals surface area contributed by atoms with Gasteiger partial charge in [0.2, 0.25) is 7.37 Å². The number of hydrogen-bond donors (Lipinski definition) is 2. The van der Waals surface area contributed by atoms with E-state index in [1.54, 1.807) is 19.1 Å². The number of esters is 1. The summed E-state index contributed by atoms with van der Waals surface area (Å²) in [6.07, 6.45) is -0.827. The Balaban J connectivity index is 1.98. The molecule has 8 heteroatoms. The third kappa shape index (κ3) is 7.65. The molecular weight excluding hydrogens is 405 g/mol. The molecule has 0 aliphatic carbocycles. The van der Waals surface area contributed by atoms with Crippen molar-refractivity contribution < 1.29 is 28.5 Å². The number of benzene rings is 2. The summed E-state index contributed by atoms with van der Waals surface area (Å²) < 4.78 is 23.1. The van der Waals surface area contributed by atoms with Crippen molar-refractivity contribution in [1.29, 1.82) is 0 Å². The van der Waals surface area contributed by atoms with Gasteiger partial charge in [-0.2, -0.15) is 0 Å². The van der Waals surface area contributed by atoms with Crippen LogP contribution >= 0.6 is 7.37 Å². The molecule has 3 atom stereocenters. The summed E-state index contributed by atoms with van der Waals surface area (Å²) in [5.41, 5.74) is 1.66. The molecule has 0 aromatic heterocycles. The highest BCUT2D eigenvalue weighted by molar-refractivity contribution is 7.58. The van der Waals surface area contributed by atoms with E-state index in [-0.39, 0.29) is 25.8 Å². The second-order valence-corrected chi connectivity index (χ2v) is 9.61. The second-order valence-electron chi connectivity index (χ2n) is 6.96. The third-order valence-electron chi connectivity index (χ3n) is 4.57. The molecule has 2 N–H and O–H groups in total. The van der Waals surface area contributed by atoms with Crippen LogP contribution in [-0.2, 0) is 31.9 Å². The van der Waals surface area contributed by atoms with Crippen LogP contribution in [0.5, 0.6) is 0 Å². The number of nitrogens with one attached hydrogen (secondary N) is 1. The summed E-state index contributed by atoms with van der Waals surface area (Å²) in [6.45, 7) is 3.34. The van der Waals surface area contributed by atoms with Crippen molar-refractivity contribution in [2.75, 3.05) is 12.8 Å². The summed E-state index contributed by atoms with van der Waals surface area (Å²) in [4.78, 5) is 35.0. The first kappa shape index (κ1) is 23.6. The van der Waals surface area contributed by atoms with E-state index in [0.717, 1.165) is 11.1 Å². The fourth-order valence-corrected chi connectivity index (χ4v) is 4.42. The Bertz CT molecular complexity index is 858. The van der Waals surface area contributed by atoms with E-state index in [9.17, 15) is 19.0 Å². The van der Waals surface area contributed by atoms with Crippen molar-refractivity contribution in [2.45, 2.75) is 32.7 Å². The molecule has 0 spiro atoms. The van der Waals surface area contributed by atoms with Crippen LogP contribution in [-0.4, -0.2) is 35.5 Å². The van der Waals surface area contributed by atoms with Gasteiger partial charge in [-0.15, -0.1) is 0 Å². The van der Waals surface area contributed by atoms with E-state index in [1.807, 2.05) is 48.5 Å². The number of carbonyl (C=O) groups excluding carboxylic acids is 2. The minimum atomic E-state index is -3.92. The molecule has 0 aliphatic rings. The molecule has 1 unspecified atom stereocenters. The Morgan fingerprint density at radius 2 is 1.57 bits per heavy atom. The number of ether oxygens (including phenoxy) is 2. The highest BCUT2D eigenvalue weighted by Crippen LogP contribution is 2.47. The van der Waals surface area contributed by atoms with Gasteiger partial charge >= 0.3 is 12.1 Å². The van der Waals surface area contributed by atoms with Gasteiger partial charge in [0.25, 0.3) is 0 Å². The topological polar surface area (TPSA) is 102 Å². The molecule has 2 aromatic carbocycles. The number of amides is 1. The number of hydrogen-bond acceptors (Lipinski definition) is 5. The SMILES string of the molecule is CCOC(=O)[C@H](Cc1ccccc1)CP(=O)(O)[C@@H](C)NC(=O)OCc1ccccc1. The molecule has 0 heterocycles. The maximum absolute atomic E-state index is 12.9. The first-order chi connectivity index (χ1) is 14.3. The second kappa shape index (κ2) is 11.5. The monoisotopic (exact) mass is 433 g/mol. The van der Waals surface area contributed by atoms with Crippen LogP contribution in [0.3, 0.4) is 0 Å². The third-order valence-corrected chi connectivity index (χ3v) is 6.87. The van der Waals surface area contributed by atoms with E-state index in [4.69, 9.17) is 9.47 Å². The molecule has 2 aromatic rings. The van der Waals surface area contributed by atoms with Crippen molar-refractivity contribution in [3.8, 4) is 0 Å². The predicted molar refractivity (Wildman–Crippen MR) is 114 cm³/mol. The average Bonchev–Trinajstić information content (AvgIpc) is 2.73. The molecule has 162 valence electrons. The van der Waals surface area contributed by atoms with Gasteiger partial charge in [-0.25, -0.2) is 4.79 Å². The van der Waals surface area contributed by atoms with Crippen LogP contribution in [0.4, 0.5) is 4.79 Å². The molecule has 1 amide bonds. The zero-order valence-electron chi connectivity index (χ0n) is 17.2. The fourth-order valence-electron chi connectivity index (χ4n) is 2.89.